The van der Waals surface area contributed by atoms with Crippen LogP contribution in [0.1, 0.15) is 53.4 Å². The molecule has 0 aromatic rings. The third kappa shape index (κ3) is 6.89. The van der Waals surface area contributed by atoms with Crippen LogP contribution < -0.4 is 5.48 Å². The van der Waals surface area contributed by atoms with Crippen molar-refractivity contribution in [3.05, 3.63) is 0 Å². The summed E-state index contributed by atoms with van der Waals surface area (Å²) in [6.45, 7) is 8.45. The standard InChI is InChI=1S/C11H23NO2/c1-5-6-7-8-9-12-14-10(13)11(2,3)4/h12H,5-9H2,1-4H3. The summed E-state index contributed by atoms with van der Waals surface area (Å²) in [6, 6.07) is 0. The number of nitrogens with one attached hydrogen (secondary N) is 1. The summed E-state index contributed by atoms with van der Waals surface area (Å²) in [6.07, 6.45) is 4.72. The van der Waals surface area contributed by atoms with Crippen molar-refractivity contribution in [3.63, 3.8) is 0 Å². The van der Waals surface area contributed by atoms with E-state index < -0.39 is 5.41 Å². The van der Waals surface area contributed by atoms with Crippen LogP contribution in [0.5, 0.6) is 0 Å². The maximum absolute atomic E-state index is 11.3. The number of hydrogen-bond donors (Lipinski definition) is 1. The van der Waals surface area contributed by atoms with Crippen LogP contribution >= 0.6 is 0 Å². The van der Waals surface area contributed by atoms with Crippen molar-refractivity contribution in [2.45, 2.75) is 53.4 Å². The summed E-state index contributed by atoms with van der Waals surface area (Å²) in [5, 5.41) is 0. The third-order valence-electron chi connectivity index (χ3n) is 1.91. The van der Waals surface area contributed by atoms with E-state index in [0.29, 0.717) is 0 Å². The first-order valence-corrected chi connectivity index (χ1v) is 5.42. The van der Waals surface area contributed by atoms with Gasteiger partial charge in [0.2, 0.25) is 0 Å². The van der Waals surface area contributed by atoms with Gasteiger partial charge < -0.3 is 4.84 Å². The molecular weight excluding hydrogens is 178 g/mol. The van der Waals surface area contributed by atoms with E-state index in [1.165, 1.54) is 19.3 Å². The van der Waals surface area contributed by atoms with Gasteiger partial charge in [0.1, 0.15) is 0 Å². The van der Waals surface area contributed by atoms with Gasteiger partial charge in [-0.05, 0) is 27.2 Å². The Labute approximate surface area is 87.2 Å². The number of hydroxylamine groups is 1. The zero-order valence-electron chi connectivity index (χ0n) is 9.85. The van der Waals surface area contributed by atoms with Crippen molar-refractivity contribution in [2.24, 2.45) is 5.41 Å². The van der Waals surface area contributed by atoms with Crippen LogP contribution in [-0.2, 0) is 9.63 Å². The molecule has 0 heterocycles. The Morgan fingerprint density at radius 3 is 2.36 bits per heavy atom. The molecular formula is C11H23NO2. The van der Waals surface area contributed by atoms with E-state index in [9.17, 15) is 4.79 Å². The van der Waals surface area contributed by atoms with Crippen LogP contribution in [0.25, 0.3) is 0 Å². The van der Waals surface area contributed by atoms with Crippen molar-refractivity contribution in [2.75, 3.05) is 6.54 Å². The molecule has 0 fully saturated rings. The fourth-order valence-electron chi connectivity index (χ4n) is 0.894. The molecule has 0 atom stereocenters. The van der Waals surface area contributed by atoms with Gasteiger partial charge in [0.15, 0.2) is 0 Å². The van der Waals surface area contributed by atoms with Crippen LogP contribution in [-0.4, -0.2) is 12.5 Å². The molecule has 0 saturated heterocycles. The molecule has 0 bridgehead atoms. The minimum atomic E-state index is -0.420. The monoisotopic (exact) mass is 201 g/mol. The maximum Gasteiger partial charge on any atom is 0.329 e. The van der Waals surface area contributed by atoms with E-state index in [0.717, 1.165) is 13.0 Å². The molecule has 0 aliphatic rings. The SMILES string of the molecule is CCCCCCNOC(=O)C(C)(C)C. The largest absolute Gasteiger partial charge is 0.370 e. The van der Waals surface area contributed by atoms with Gasteiger partial charge in [0.25, 0.3) is 0 Å². The first-order valence-electron chi connectivity index (χ1n) is 5.42. The lowest BCUT2D eigenvalue weighted by Crippen LogP contribution is -2.30. The van der Waals surface area contributed by atoms with E-state index in [1.54, 1.807) is 0 Å². The second-order valence-corrected chi connectivity index (χ2v) is 4.59. The van der Waals surface area contributed by atoms with Crippen LogP contribution in [0.4, 0.5) is 0 Å². The van der Waals surface area contributed by atoms with Gasteiger partial charge >= 0.3 is 5.97 Å². The topological polar surface area (TPSA) is 38.3 Å². The highest BCUT2D eigenvalue weighted by atomic mass is 16.7. The van der Waals surface area contributed by atoms with Gasteiger partial charge in [-0.3, -0.25) is 0 Å². The molecule has 0 aromatic carbocycles. The fourth-order valence-corrected chi connectivity index (χ4v) is 0.894. The molecule has 0 amide bonds. The second kappa shape index (κ2) is 6.82. The number of rotatable bonds is 6. The maximum atomic E-state index is 11.3. The highest BCUT2D eigenvalue weighted by molar-refractivity contribution is 5.75. The molecule has 3 nitrogen and oxygen atoms in total. The Morgan fingerprint density at radius 2 is 1.86 bits per heavy atom. The Bertz CT molecular complexity index is 161. The summed E-state index contributed by atoms with van der Waals surface area (Å²) in [4.78, 5) is 16.2. The van der Waals surface area contributed by atoms with Gasteiger partial charge in [-0.25, -0.2) is 4.79 Å². The predicted octanol–water partition coefficient (Wildman–Crippen LogP) is 2.66. The van der Waals surface area contributed by atoms with Crippen LogP contribution in [0, 0.1) is 5.41 Å². The van der Waals surface area contributed by atoms with E-state index in [2.05, 4.69) is 12.4 Å². The molecule has 14 heavy (non-hydrogen) atoms. The molecule has 0 spiro atoms. The van der Waals surface area contributed by atoms with Crippen molar-refractivity contribution in [3.8, 4) is 0 Å². The molecule has 0 aliphatic carbocycles. The average molecular weight is 201 g/mol. The molecule has 0 rings (SSSR count). The molecule has 0 unspecified atom stereocenters. The Hall–Kier alpha value is -0.570. The lowest BCUT2D eigenvalue weighted by atomic mass is 9.98. The summed E-state index contributed by atoms with van der Waals surface area (Å²) >= 11 is 0. The highest BCUT2D eigenvalue weighted by Gasteiger charge is 2.23. The van der Waals surface area contributed by atoms with Gasteiger partial charge in [-0.15, -0.1) is 0 Å². The Kier molecular flexibility index (Phi) is 6.54. The fraction of sp³-hybridized carbons (Fsp3) is 0.909. The van der Waals surface area contributed by atoms with Crippen molar-refractivity contribution < 1.29 is 9.63 Å². The quantitative estimate of drug-likeness (QED) is 0.530. The zero-order chi connectivity index (χ0) is 11.0. The van der Waals surface area contributed by atoms with Crippen LogP contribution in [0.3, 0.4) is 0 Å². The highest BCUT2D eigenvalue weighted by Crippen LogP contribution is 2.13. The summed E-state index contributed by atoms with van der Waals surface area (Å²) < 4.78 is 0. The molecule has 0 aliphatic heterocycles. The Balaban J connectivity index is 3.33. The van der Waals surface area contributed by atoms with Gasteiger partial charge in [0, 0.05) is 6.54 Å². The average Bonchev–Trinajstić information content (AvgIpc) is 2.09. The summed E-state index contributed by atoms with van der Waals surface area (Å²) in [5.41, 5.74) is 2.28. The van der Waals surface area contributed by atoms with E-state index in [1.807, 2.05) is 20.8 Å². The Morgan fingerprint density at radius 1 is 1.21 bits per heavy atom. The van der Waals surface area contributed by atoms with Crippen molar-refractivity contribution >= 4 is 5.97 Å². The molecule has 0 saturated carbocycles. The number of hydrogen-bond acceptors (Lipinski definition) is 3. The smallest absolute Gasteiger partial charge is 0.329 e. The summed E-state index contributed by atoms with van der Waals surface area (Å²) in [5.74, 6) is -0.201. The zero-order valence-corrected chi connectivity index (χ0v) is 9.85. The van der Waals surface area contributed by atoms with Crippen LogP contribution in [0.2, 0.25) is 0 Å². The lowest BCUT2D eigenvalue weighted by molar-refractivity contribution is -0.160. The summed E-state index contributed by atoms with van der Waals surface area (Å²) in [7, 11) is 0. The predicted molar refractivity (Wildman–Crippen MR) is 57.7 cm³/mol. The number of unbranched alkanes of at least 4 members (excludes halogenated alkanes) is 3. The van der Waals surface area contributed by atoms with E-state index in [-0.39, 0.29) is 5.97 Å². The molecule has 0 radical (unpaired) electrons. The molecule has 0 aromatic heterocycles. The first kappa shape index (κ1) is 13.4. The van der Waals surface area contributed by atoms with Gasteiger partial charge in [-0.1, -0.05) is 26.2 Å². The number of carbonyl (C=O) groups is 1. The lowest BCUT2D eigenvalue weighted by Gasteiger charge is -2.16. The second-order valence-electron chi connectivity index (χ2n) is 4.59. The van der Waals surface area contributed by atoms with Gasteiger partial charge in [0.05, 0.1) is 5.41 Å². The molecule has 1 N–H and O–H groups in total. The van der Waals surface area contributed by atoms with Crippen molar-refractivity contribution in [1.82, 2.24) is 5.48 Å². The number of carbonyl (C=O) groups excluding carboxylic acids is 1. The third-order valence-corrected chi connectivity index (χ3v) is 1.91. The molecule has 3 heteroatoms. The van der Waals surface area contributed by atoms with E-state index >= 15 is 0 Å². The first-order chi connectivity index (χ1) is 6.48. The minimum absolute atomic E-state index is 0.201. The normalized spacial score (nSPS) is 11.4. The van der Waals surface area contributed by atoms with Crippen LogP contribution in [0.15, 0.2) is 0 Å². The molecule has 84 valence electrons. The van der Waals surface area contributed by atoms with Crippen molar-refractivity contribution in [1.29, 1.82) is 0 Å². The minimum Gasteiger partial charge on any atom is -0.370 e. The van der Waals surface area contributed by atoms with Gasteiger partial charge in [-0.2, -0.15) is 5.48 Å². The van der Waals surface area contributed by atoms with E-state index in [4.69, 9.17) is 4.84 Å².